The first-order valence-electron chi connectivity index (χ1n) is 6.31. The molecular weight excluding hydrogens is 244 g/mol. The van der Waals surface area contributed by atoms with Gasteiger partial charge in [0.05, 0.1) is 6.42 Å². The number of rotatable bonds is 7. The SMILES string of the molecule is CCCSc1ccc(/C(=C/CC(=O)O)CC)cc1. The molecule has 1 aromatic rings. The second-order valence-electron chi connectivity index (χ2n) is 4.05. The van der Waals surface area contributed by atoms with Gasteiger partial charge < -0.3 is 5.11 Å². The Hall–Kier alpha value is -1.22. The molecule has 18 heavy (non-hydrogen) atoms. The Balaban J connectivity index is 2.75. The van der Waals surface area contributed by atoms with Crippen LogP contribution in [0, 0.1) is 0 Å². The minimum absolute atomic E-state index is 0.0928. The third-order valence-corrected chi connectivity index (χ3v) is 3.82. The van der Waals surface area contributed by atoms with Gasteiger partial charge in [0, 0.05) is 4.90 Å². The lowest BCUT2D eigenvalue weighted by Gasteiger charge is -2.06. The van der Waals surface area contributed by atoms with Crippen LogP contribution in [0.4, 0.5) is 0 Å². The average molecular weight is 264 g/mol. The van der Waals surface area contributed by atoms with Crippen LogP contribution in [0.15, 0.2) is 35.2 Å². The second-order valence-corrected chi connectivity index (χ2v) is 5.22. The molecule has 0 unspecified atom stereocenters. The summed E-state index contributed by atoms with van der Waals surface area (Å²) in [4.78, 5) is 11.8. The highest BCUT2D eigenvalue weighted by atomic mass is 32.2. The maximum Gasteiger partial charge on any atom is 0.307 e. The number of aliphatic carboxylic acids is 1. The lowest BCUT2D eigenvalue weighted by Crippen LogP contribution is -1.92. The number of carboxylic acids is 1. The van der Waals surface area contributed by atoms with Crippen molar-refractivity contribution in [2.24, 2.45) is 0 Å². The van der Waals surface area contributed by atoms with Crippen LogP contribution in [0.2, 0.25) is 0 Å². The zero-order valence-corrected chi connectivity index (χ0v) is 11.8. The van der Waals surface area contributed by atoms with E-state index in [1.54, 1.807) is 6.08 Å². The van der Waals surface area contributed by atoms with E-state index in [-0.39, 0.29) is 6.42 Å². The summed E-state index contributed by atoms with van der Waals surface area (Å²) in [5.41, 5.74) is 2.23. The zero-order chi connectivity index (χ0) is 13.4. The molecule has 0 radical (unpaired) electrons. The van der Waals surface area contributed by atoms with E-state index >= 15 is 0 Å². The van der Waals surface area contributed by atoms with Crippen LogP contribution < -0.4 is 0 Å². The van der Waals surface area contributed by atoms with E-state index in [9.17, 15) is 4.79 Å². The molecule has 1 rings (SSSR count). The van der Waals surface area contributed by atoms with Crippen molar-refractivity contribution in [2.75, 3.05) is 5.75 Å². The van der Waals surface area contributed by atoms with Crippen molar-refractivity contribution in [1.82, 2.24) is 0 Å². The Kier molecular flexibility index (Phi) is 6.58. The molecule has 0 amide bonds. The summed E-state index contributed by atoms with van der Waals surface area (Å²) in [5, 5.41) is 8.70. The van der Waals surface area contributed by atoms with Gasteiger partial charge in [-0.05, 0) is 41.9 Å². The van der Waals surface area contributed by atoms with E-state index in [1.165, 1.54) is 11.3 Å². The molecule has 0 saturated heterocycles. The molecule has 0 aliphatic rings. The smallest absolute Gasteiger partial charge is 0.307 e. The fourth-order valence-corrected chi connectivity index (χ4v) is 2.43. The number of carboxylic acid groups (broad SMARTS) is 1. The van der Waals surface area contributed by atoms with Gasteiger partial charge in [0.15, 0.2) is 0 Å². The van der Waals surface area contributed by atoms with Crippen LogP contribution in [-0.4, -0.2) is 16.8 Å². The standard InChI is InChI=1S/C15H20O2S/c1-3-11-18-14-8-5-13(6-9-14)12(4-2)7-10-15(16)17/h5-9H,3-4,10-11H2,1-2H3,(H,16,17)/b12-7+. The summed E-state index contributed by atoms with van der Waals surface area (Å²) < 4.78 is 0. The Morgan fingerprint density at radius 3 is 2.44 bits per heavy atom. The molecule has 0 fully saturated rings. The summed E-state index contributed by atoms with van der Waals surface area (Å²) in [6, 6.07) is 8.38. The maximum atomic E-state index is 10.6. The molecule has 0 aliphatic heterocycles. The first-order chi connectivity index (χ1) is 8.67. The number of allylic oxidation sites excluding steroid dienone is 1. The maximum absolute atomic E-state index is 10.6. The average Bonchev–Trinajstić information content (AvgIpc) is 2.38. The minimum Gasteiger partial charge on any atom is -0.481 e. The van der Waals surface area contributed by atoms with Gasteiger partial charge in [-0.2, -0.15) is 0 Å². The fraction of sp³-hybridized carbons (Fsp3) is 0.400. The summed E-state index contributed by atoms with van der Waals surface area (Å²) in [6.45, 7) is 4.22. The number of hydrogen-bond donors (Lipinski definition) is 1. The van der Waals surface area contributed by atoms with Crippen molar-refractivity contribution in [2.45, 2.75) is 38.0 Å². The van der Waals surface area contributed by atoms with Crippen molar-refractivity contribution in [3.63, 3.8) is 0 Å². The van der Waals surface area contributed by atoms with Crippen LogP contribution in [0.1, 0.15) is 38.7 Å². The summed E-state index contributed by atoms with van der Waals surface area (Å²) >= 11 is 1.85. The molecule has 1 aromatic carbocycles. The van der Waals surface area contributed by atoms with E-state index in [2.05, 4.69) is 31.2 Å². The Morgan fingerprint density at radius 2 is 1.94 bits per heavy atom. The number of hydrogen-bond acceptors (Lipinski definition) is 2. The second kappa shape index (κ2) is 7.98. The largest absolute Gasteiger partial charge is 0.481 e. The molecule has 2 nitrogen and oxygen atoms in total. The van der Waals surface area contributed by atoms with Crippen LogP contribution in [0.25, 0.3) is 5.57 Å². The van der Waals surface area contributed by atoms with E-state index in [4.69, 9.17) is 5.11 Å². The molecule has 3 heteroatoms. The van der Waals surface area contributed by atoms with Gasteiger partial charge in [-0.25, -0.2) is 0 Å². The van der Waals surface area contributed by atoms with Gasteiger partial charge in [-0.1, -0.05) is 32.1 Å². The third-order valence-electron chi connectivity index (χ3n) is 2.60. The van der Waals surface area contributed by atoms with E-state index in [0.717, 1.165) is 23.3 Å². The molecule has 0 aromatic heterocycles. The Labute approximate surface area is 113 Å². The first-order valence-corrected chi connectivity index (χ1v) is 7.30. The van der Waals surface area contributed by atoms with Crippen LogP contribution in [0.3, 0.4) is 0 Å². The molecule has 98 valence electrons. The van der Waals surface area contributed by atoms with Gasteiger partial charge in [0.1, 0.15) is 0 Å². The number of benzene rings is 1. The van der Waals surface area contributed by atoms with Gasteiger partial charge in [0.2, 0.25) is 0 Å². The first kappa shape index (κ1) is 14.8. The number of carbonyl (C=O) groups is 1. The summed E-state index contributed by atoms with van der Waals surface area (Å²) in [5.74, 6) is 0.352. The topological polar surface area (TPSA) is 37.3 Å². The summed E-state index contributed by atoms with van der Waals surface area (Å²) in [7, 11) is 0. The monoisotopic (exact) mass is 264 g/mol. The lowest BCUT2D eigenvalue weighted by molar-refractivity contribution is -0.135. The molecule has 0 bridgehead atoms. The molecule has 0 spiro atoms. The van der Waals surface area contributed by atoms with E-state index in [0.29, 0.717) is 0 Å². The van der Waals surface area contributed by atoms with Crippen LogP contribution in [0.5, 0.6) is 0 Å². The Morgan fingerprint density at radius 1 is 1.28 bits per heavy atom. The van der Waals surface area contributed by atoms with Gasteiger partial charge in [-0.3, -0.25) is 4.79 Å². The lowest BCUT2D eigenvalue weighted by atomic mass is 10.0. The third kappa shape index (κ3) is 4.96. The summed E-state index contributed by atoms with van der Waals surface area (Å²) in [6.07, 6.45) is 3.92. The fourth-order valence-electron chi connectivity index (χ4n) is 1.66. The molecule has 0 heterocycles. The van der Waals surface area contributed by atoms with Crippen molar-refractivity contribution in [3.05, 3.63) is 35.9 Å². The molecule has 0 saturated carbocycles. The van der Waals surface area contributed by atoms with E-state index < -0.39 is 5.97 Å². The number of thioether (sulfide) groups is 1. The van der Waals surface area contributed by atoms with Crippen molar-refractivity contribution < 1.29 is 9.90 Å². The minimum atomic E-state index is -0.781. The molecule has 0 atom stereocenters. The van der Waals surface area contributed by atoms with Crippen LogP contribution >= 0.6 is 11.8 Å². The molecule has 1 N–H and O–H groups in total. The predicted molar refractivity (Wildman–Crippen MR) is 78.0 cm³/mol. The normalized spacial score (nSPS) is 11.6. The predicted octanol–water partition coefficient (Wildman–Crippen LogP) is 4.46. The van der Waals surface area contributed by atoms with Gasteiger partial charge >= 0.3 is 5.97 Å². The Bertz CT molecular complexity index is 407. The quantitative estimate of drug-likeness (QED) is 0.739. The van der Waals surface area contributed by atoms with Gasteiger partial charge in [-0.15, -0.1) is 11.8 Å². The highest BCUT2D eigenvalue weighted by Crippen LogP contribution is 2.24. The van der Waals surface area contributed by atoms with Crippen molar-refractivity contribution >= 4 is 23.3 Å². The zero-order valence-electron chi connectivity index (χ0n) is 11.0. The van der Waals surface area contributed by atoms with Crippen LogP contribution in [-0.2, 0) is 4.79 Å². The van der Waals surface area contributed by atoms with E-state index in [1.807, 2.05) is 18.7 Å². The van der Waals surface area contributed by atoms with Crippen molar-refractivity contribution in [1.29, 1.82) is 0 Å². The van der Waals surface area contributed by atoms with Crippen molar-refractivity contribution in [3.8, 4) is 0 Å². The highest BCUT2D eigenvalue weighted by molar-refractivity contribution is 7.99. The van der Waals surface area contributed by atoms with Gasteiger partial charge in [0.25, 0.3) is 0 Å². The molecule has 0 aliphatic carbocycles. The highest BCUT2D eigenvalue weighted by Gasteiger charge is 2.01. The molecular formula is C15H20O2S.